The Morgan fingerprint density at radius 1 is 0.850 bits per heavy atom. The van der Waals surface area contributed by atoms with E-state index in [1.54, 1.807) is 24.3 Å². The molecule has 0 spiro atoms. The number of hydrogen-bond donors (Lipinski definition) is 1. The van der Waals surface area contributed by atoms with E-state index in [1.165, 1.54) is 6.07 Å². The largest absolute Gasteiger partial charge is 0.454 e. The SMILES string of the molecule is Nc1c(F)cccc1Oc1ccc(Cl)c2ccccc12. The van der Waals surface area contributed by atoms with Gasteiger partial charge < -0.3 is 10.5 Å². The number of nitrogens with two attached hydrogens (primary N) is 1. The van der Waals surface area contributed by atoms with E-state index in [4.69, 9.17) is 22.1 Å². The molecule has 0 aliphatic heterocycles. The number of para-hydroxylation sites is 1. The van der Waals surface area contributed by atoms with E-state index in [1.807, 2.05) is 24.3 Å². The monoisotopic (exact) mass is 287 g/mol. The predicted molar refractivity (Wildman–Crippen MR) is 79.8 cm³/mol. The van der Waals surface area contributed by atoms with Crippen LogP contribution in [0.25, 0.3) is 10.8 Å². The third kappa shape index (κ3) is 2.17. The Kier molecular flexibility index (Phi) is 3.20. The molecule has 0 aliphatic carbocycles. The number of fused-ring (bicyclic) bond motifs is 1. The first-order chi connectivity index (χ1) is 9.66. The molecule has 2 N–H and O–H groups in total. The first kappa shape index (κ1) is 12.8. The van der Waals surface area contributed by atoms with Gasteiger partial charge in [0.1, 0.15) is 17.3 Å². The van der Waals surface area contributed by atoms with Crippen LogP contribution in [-0.4, -0.2) is 0 Å². The quantitative estimate of drug-likeness (QED) is 0.673. The maximum absolute atomic E-state index is 13.4. The zero-order chi connectivity index (χ0) is 14.1. The van der Waals surface area contributed by atoms with Gasteiger partial charge in [-0.1, -0.05) is 41.9 Å². The second-order valence-electron chi connectivity index (χ2n) is 4.34. The number of anilines is 1. The van der Waals surface area contributed by atoms with Crippen molar-refractivity contribution in [2.45, 2.75) is 0 Å². The fourth-order valence-electron chi connectivity index (χ4n) is 2.05. The standard InChI is InChI=1S/C16H11ClFNO/c17-12-8-9-14(11-5-2-1-4-10(11)12)20-15-7-3-6-13(18)16(15)19/h1-9H,19H2. The van der Waals surface area contributed by atoms with Crippen molar-refractivity contribution in [1.29, 1.82) is 0 Å². The summed E-state index contributed by atoms with van der Waals surface area (Å²) in [5, 5.41) is 2.37. The molecule has 0 saturated heterocycles. The molecule has 3 aromatic carbocycles. The topological polar surface area (TPSA) is 35.2 Å². The van der Waals surface area contributed by atoms with E-state index in [-0.39, 0.29) is 11.4 Å². The molecule has 0 radical (unpaired) electrons. The molecular formula is C16H11ClFNO. The summed E-state index contributed by atoms with van der Waals surface area (Å²) in [5.74, 6) is 0.376. The highest BCUT2D eigenvalue weighted by molar-refractivity contribution is 6.35. The molecule has 0 saturated carbocycles. The molecule has 20 heavy (non-hydrogen) atoms. The van der Waals surface area contributed by atoms with Gasteiger partial charge in [0.05, 0.1) is 0 Å². The summed E-state index contributed by atoms with van der Waals surface area (Å²) < 4.78 is 19.2. The van der Waals surface area contributed by atoms with Crippen LogP contribution < -0.4 is 10.5 Å². The van der Waals surface area contributed by atoms with Gasteiger partial charge in [-0.3, -0.25) is 0 Å². The van der Waals surface area contributed by atoms with Crippen LogP contribution >= 0.6 is 11.6 Å². The fourth-order valence-corrected chi connectivity index (χ4v) is 2.28. The van der Waals surface area contributed by atoms with Crippen LogP contribution in [0.15, 0.2) is 54.6 Å². The van der Waals surface area contributed by atoms with Crippen LogP contribution in [0.1, 0.15) is 0 Å². The number of rotatable bonds is 2. The number of nitrogen functional groups attached to an aromatic ring is 1. The maximum atomic E-state index is 13.4. The fraction of sp³-hybridized carbons (Fsp3) is 0. The molecule has 4 heteroatoms. The predicted octanol–water partition coefficient (Wildman–Crippen LogP) is 5.01. The molecule has 2 nitrogen and oxygen atoms in total. The first-order valence-electron chi connectivity index (χ1n) is 6.06. The zero-order valence-corrected chi connectivity index (χ0v) is 11.2. The summed E-state index contributed by atoms with van der Waals surface area (Å²) >= 11 is 6.15. The van der Waals surface area contributed by atoms with Gasteiger partial charge in [0, 0.05) is 15.8 Å². The second-order valence-corrected chi connectivity index (χ2v) is 4.75. The minimum absolute atomic E-state index is 0.00784. The molecule has 3 aromatic rings. The molecule has 0 amide bonds. The summed E-state index contributed by atoms with van der Waals surface area (Å²) in [6.45, 7) is 0. The number of halogens is 2. The molecular weight excluding hydrogens is 277 g/mol. The Morgan fingerprint density at radius 2 is 1.60 bits per heavy atom. The van der Waals surface area contributed by atoms with Gasteiger partial charge in [0.25, 0.3) is 0 Å². The van der Waals surface area contributed by atoms with E-state index >= 15 is 0 Å². The van der Waals surface area contributed by atoms with Crippen molar-refractivity contribution in [3.05, 3.63) is 65.4 Å². The highest BCUT2D eigenvalue weighted by Crippen LogP contribution is 2.36. The molecule has 0 aromatic heterocycles. The van der Waals surface area contributed by atoms with Gasteiger partial charge in [-0.15, -0.1) is 0 Å². The van der Waals surface area contributed by atoms with E-state index < -0.39 is 5.82 Å². The molecule has 3 rings (SSSR count). The van der Waals surface area contributed by atoms with Crippen molar-refractivity contribution < 1.29 is 9.13 Å². The van der Waals surface area contributed by atoms with Crippen molar-refractivity contribution in [1.82, 2.24) is 0 Å². The first-order valence-corrected chi connectivity index (χ1v) is 6.43. The molecule has 0 fully saturated rings. The summed E-state index contributed by atoms with van der Waals surface area (Å²) in [6.07, 6.45) is 0. The van der Waals surface area contributed by atoms with E-state index in [0.717, 1.165) is 10.8 Å². The van der Waals surface area contributed by atoms with Crippen LogP contribution in [0.4, 0.5) is 10.1 Å². The van der Waals surface area contributed by atoms with Gasteiger partial charge in [-0.2, -0.15) is 0 Å². The van der Waals surface area contributed by atoms with Gasteiger partial charge in [0.15, 0.2) is 5.75 Å². The van der Waals surface area contributed by atoms with E-state index in [0.29, 0.717) is 10.8 Å². The Balaban J connectivity index is 2.12. The third-order valence-electron chi connectivity index (χ3n) is 3.06. The molecule has 0 heterocycles. The van der Waals surface area contributed by atoms with Gasteiger partial charge in [-0.05, 0) is 24.3 Å². The van der Waals surface area contributed by atoms with E-state index in [2.05, 4.69) is 0 Å². The highest BCUT2D eigenvalue weighted by atomic mass is 35.5. The van der Waals surface area contributed by atoms with Crippen molar-refractivity contribution >= 4 is 28.1 Å². The molecule has 0 bridgehead atoms. The lowest BCUT2D eigenvalue weighted by Gasteiger charge is -2.12. The van der Waals surface area contributed by atoms with Gasteiger partial charge in [-0.25, -0.2) is 4.39 Å². The minimum Gasteiger partial charge on any atom is -0.454 e. The summed E-state index contributed by atoms with van der Waals surface area (Å²) in [5.41, 5.74) is 5.67. The lowest BCUT2D eigenvalue weighted by Crippen LogP contribution is -1.95. The van der Waals surface area contributed by atoms with Crippen molar-refractivity contribution in [3.63, 3.8) is 0 Å². The van der Waals surface area contributed by atoms with Crippen molar-refractivity contribution in [2.75, 3.05) is 5.73 Å². The average Bonchev–Trinajstić information content (AvgIpc) is 2.47. The maximum Gasteiger partial charge on any atom is 0.153 e. The third-order valence-corrected chi connectivity index (χ3v) is 3.39. The Morgan fingerprint density at radius 3 is 2.40 bits per heavy atom. The van der Waals surface area contributed by atoms with Gasteiger partial charge >= 0.3 is 0 Å². The lowest BCUT2D eigenvalue weighted by molar-refractivity contribution is 0.485. The van der Waals surface area contributed by atoms with Gasteiger partial charge in [0.2, 0.25) is 0 Å². The normalized spacial score (nSPS) is 10.7. The van der Waals surface area contributed by atoms with Crippen LogP contribution in [0.2, 0.25) is 5.02 Å². The number of hydrogen-bond acceptors (Lipinski definition) is 2. The minimum atomic E-state index is -0.499. The number of benzene rings is 3. The zero-order valence-electron chi connectivity index (χ0n) is 10.4. The molecule has 0 atom stereocenters. The average molecular weight is 288 g/mol. The Bertz CT molecular complexity index is 789. The molecule has 100 valence electrons. The van der Waals surface area contributed by atoms with Crippen LogP contribution in [0, 0.1) is 5.82 Å². The van der Waals surface area contributed by atoms with Crippen molar-refractivity contribution in [2.24, 2.45) is 0 Å². The highest BCUT2D eigenvalue weighted by Gasteiger charge is 2.10. The van der Waals surface area contributed by atoms with Crippen molar-refractivity contribution in [3.8, 4) is 11.5 Å². The summed E-state index contributed by atoms with van der Waals surface area (Å²) in [4.78, 5) is 0. The molecule has 0 aliphatic rings. The smallest absolute Gasteiger partial charge is 0.153 e. The molecule has 0 unspecified atom stereocenters. The Hall–Kier alpha value is -2.26. The summed E-state index contributed by atoms with van der Waals surface area (Å²) in [6, 6.07) is 15.5. The Labute approximate surface area is 120 Å². The lowest BCUT2D eigenvalue weighted by atomic mass is 10.1. The second kappa shape index (κ2) is 5.02. The van der Waals surface area contributed by atoms with Crippen LogP contribution in [0.5, 0.6) is 11.5 Å². The van der Waals surface area contributed by atoms with Crippen LogP contribution in [0.3, 0.4) is 0 Å². The van der Waals surface area contributed by atoms with E-state index in [9.17, 15) is 4.39 Å². The van der Waals surface area contributed by atoms with Crippen LogP contribution in [-0.2, 0) is 0 Å². The number of ether oxygens (including phenoxy) is 1. The summed E-state index contributed by atoms with van der Waals surface area (Å²) in [7, 11) is 0.